The smallest absolute Gasteiger partial charge is 0.327 e. The van der Waals surface area contributed by atoms with Gasteiger partial charge in [-0.15, -0.1) is 0 Å². The van der Waals surface area contributed by atoms with Crippen LogP contribution < -0.4 is 10.1 Å². The molecular formula is C13H16FNO3. The third-order valence-electron chi connectivity index (χ3n) is 2.91. The van der Waals surface area contributed by atoms with Crippen molar-refractivity contribution in [1.29, 1.82) is 0 Å². The van der Waals surface area contributed by atoms with E-state index in [-0.39, 0.29) is 18.5 Å². The van der Waals surface area contributed by atoms with Gasteiger partial charge in [-0.1, -0.05) is 0 Å². The van der Waals surface area contributed by atoms with Crippen molar-refractivity contribution in [2.24, 2.45) is 0 Å². The molecule has 1 aliphatic carbocycles. The zero-order valence-electron chi connectivity index (χ0n) is 10.1. The summed E-state index contributed by atoms with van der Waals surface area (Å²) in [7, 11) is 0. The van der Waals surface area contributed by atoms with Gasteiger partial charge in [0.05, 0.1) is 0 Å². The van der Waals surface area contributed by atoms with Crippen molar-refractivity contribution in [2.75, 3.05) is 6.61 Å². The van der Waals surface area contributed by atoms with Crippen molar-refractivity contribution in [3.63, 3.8) is 0 Å². The van der Waals surface area contributed by atoms with Gasteiger partial charge >= 0.3 is 5.97 Å². The molecule has 1 aromatic carbocycles. The largest absolute Gasteiger partial charge is 0.491 e. The Balaban J connectivity index is 1.96. The number of carboxylic acid groups (broad SMARTS) is 1. The first-order chi connectivity index (χ1) is 8.49. The van der Waals surface area contributed by atoms with Crippen LogP contribution in [0.3, 0.4) is 0 Å². The highest BCUT2D eigenvalue weighted by molar-refractivity contribution is 5.78. The van der Waals surface area contributed by atoms with E-state index in [1.807, 2.05) is 0 Å². The van der Waals surface area contributed by atoms with Gasteiger partial charge in [-0.25, -0.2) is 4.39 Å². The predicted molar refractivity (Wildman–Crippen MR) is 64.1 cm³/mol. The molecule has 0 radical (unpaired) electrons. The molecule has 1 aromatic rings. The number of aliphatic carboxylic acids is 1. The van der Waals surface area contributed by atoms with Crippen LogP contribution in [0.15, 0.2) is 24.3 Å². The molecule has 0 spiro atoms. The highest BCUT2D eigenvalue weighted by Gasteiger charge is 2.39. The number of benzene rings is 1. The fourth-order valence-electron chi connectivity index (χ4n) is 1.60. The van der Waals surface area contributed by atoms with Gasteiger partial charge in [-0.3, -0.25) is 10.1 Å². The second-order valence-corrected chi connectivity index (χ2v) is 4.80. The Morgan fingerprint density at radius 1 is 1.50 bits per heavy atom. The number of ether oxygens (including phenoxy) is 1. The van der Waals surface area contributed by atoms with E-state index in [1.54, 1.807) is 6.92 Å². The number of rotatable bonds is 6. The summed E-state index contributed by atoms with van der Waals surface area (Å²) in [6.07, 6.45) is 2.00. The SMILES string of the molecule is CC(COc1ccc(F)cc1)(NC1CC1)C(=O)O. The summed E-state index contributed by atoms with van der Waals surface area (Å²) < 4.78 is 18.1. The molecule has 0 aromatic heterocycles. The van der Waals surface area contributed by atoms with Gasteiger partial charge in [-0.2, -0.15) is 0 Å². The summed E-state index contributed by atoms with van der Waals surface area (Å²) in [4.78, 5) is 11.3. The average Bonchev–Trinajstić information content (AvgIpc) is 3.12. The van der Waals surface area contributed by atoms with E-state index in [0.29, 0.717) is 5.75 Å². The third kappa shape index (κ3) is 3.20. The second kappa shape index (κ2) is 4.94. The van der Waals surface area contributed by atoms with Crippen molar-refractivity contribution < 1.29 is 19.0 Å². The van der Waals surface area contributed by atoms with Crippen molar-refractivity contribution in [3.8, 4) is 5.75 Å². The number of nitrogens with one attached hydrogen (secondary N) is 1. The molecule has 0 aliphatic heterocycles. The Morgan fingerprint density at radius 2 is 2.11 bits per heavy atom. The van der Waals surface area contributed by atoms with Crippen LogP contribution in [0.25, 0.3) is 0 Å². The Labute approximate surface area is 105 Å². The van der Waals surface area contributed by atoms with E-state index in [4.69, 9.17) is 4.74 Å². The molecule has 2 rings (SSSR count). The standard InChI is InChI=1S/C13H16FNO3/c1-13(12(16)17,15-10-4-5-10)8-18-11-6-2-9(14)3-7-11/h2-3,6-7,10,15H,4-5,8H2,1H3,(H,16,17). The number of carboxylic acids is 1. The lowest BCUT2D eigenvalue weighted by Gasteiger charge is -2.26. The molecule has 1 aliphatic rings. The lowest BCUT2D eigenvalue weighted by atomic mass is 10.0. The summed E-state index contributed by atoms with van der Waals surface area (Å²) >= 11 is 0. The number of halogens is 1. The molecule has 1 fully saturated rings. The van der Waals surface area contributed by atoms with Crippen molar-refractivity contribution >= 4 is 5.97 Å². The quantitative estimate of drug-likeness (QED) is 0.811. The minimum Gasteiger partial charge on any atom is -0.491 e. The monoisotopic (exact) mass is 253 g/mol. The average molecular weight is 253 g/mol. The molecule has 98 valence electrons. The molecule has 5 heteroatoms. The van der Waals surface area contributed by atoms with Crippen LogP contribution >= 0.6 is 0 Å². The number of carbonyl (C=O) groups is 1. The Morgan fingerprint density at radius 3 is 2.61 bits per heavy atom. The molecule has 1 unspecified atom stereocenters. The predicted octanol–water partition coefficient (Wildman–Crippen LogP) is 1.80. The summed E-state index contributed by atoms with van der Waals surface area (Å²) in [5, 5.41) is 12.3. The first-order valence-electron chi connectivity index (χ1n) is 5.89. The highest BCUT2D eigenvalue weighted by atomic mass is 19.1. The number of hydrogen-bond donors (Lipinski definition) is 2. The first-order valence-corrected chi connectivity index (χ1v) is 5.89. The summed E-state index contributed by atoms with van der Waals surface area (Å²) in [5.74, 6) is -0.836. The topological polar surface area (TPSA) is 58.6 Å². The molecule has 0 heterocycles. The highest BCUT2D eigenvalue weighted by Crippen LogP contribution is 2.23. The summed E-state index contributed by atoms with van der Waals surface area (Å²) in [6.45, 7) is 1.60. The van der Waals surface area contributed by atoms with Gasteiger partial charge in [0.15, 0.2) is 0 Å². The molecule has 4 nitrogen and oxygen atoms in total. The lowest BCUT2D eigenvalue weighted by molar-refractivity contribution is -0.145. The third-order valence-corrected chi connectivity index (χ3v) is 2.91. The van der Waals surface area contributed by atoms with Gasteiger partial charge in [0.2, 0.25) is 0 Å². The molecule has 0 bridgehead atoms. The van der Waals surface area contributed by atoms with Gasteiger partial charge in [-0.05, 0) is 44.0 Å². The minimum atomic E-state index is -1.12. The van der Waals surface area contributed by atoms with Crippen molar-refractivity contribution in [1.82, 2.24) is 5.32 Å². The van der Waals surface area contributed by atoms with Crippen LogP contribution in [0.4, 0.5) is 4.39 Å². The van der Waals surface area contributed by atoms with Crippen LogP contribution in [-0.2, 0) is 4.79 Å². The van der Waals surface area contributed by atoms with Gasteiger partial charge in [0.1, 0.15) is 23.7 Å². The number of hydrogen-bond acceptors (Lipinski definition) is 3. The van der Waals surface area contributed by atoms with E-state index < -0.39 is 11.5 Å². The molecule has 18 heavy (non-hydrogen) atoms. The van der Waals surface area contributed by atoms with E-state index in [1.165, 1.54) is 24.3 Å². The fourth-order valence-corrected chi connectivity index (χ4v) is 1.60. The van der Waals surface area contributed by atoms with E-state index in [9.17, 15) is 14.3 Å². The van der Waals surface area contributed by atoms with E-state index in [0.717, 1.165) is 12.8 Å². The normalized spacial score (nSPS) is 18.1. The van der Waals surface area contributed by atoms with E-state index in [2.05, 4.69) is 5.32 Å². The second-order valence-electron chi connectivity index (χ2n) is 4.80. The zero-order valence-corrected chi connectivity index (χ0v) is 10.1. The van der Waals surface area contributed by atoms with Crippen LogP contribution in [0.2, 0.25) is 0 Å². The molecule has 1 saturated carbocycles. The molecule has 0 saturated heterocycles. The van der Waals surface area contributed by atoms with Crippen LogP contribution in [0.5, 0.6) is 5.75 Å². The van der Waals surface area contributed by atoms with Crippen molar-refractivity contribution in [2.45, 2.75) is 31.3 Å². The Bertz CT molecular complexity index is 430. The van der Waals surface area contributed by atoms with Crippen LogP contribution in [0, 0.1) is 5.82 Å². The Kier molecular flexibility index (Phi) is 3.52. The van der Waals surface area contributed by atoms with Crippen molar-refractivity contribution in [3.05, 3.63) is 30.1 Å². The van der Waals surface area contributed by atoms with Gasteiger partial charge in [0.25, 0.3) is 0 Å². The Hall–Kier alpha value is -1.62. The molecular weight excluding hydrogens is 237 g/mol. The maximum atomic E-state index is 12.7. The summed E-state index contributed by atoms with van der Waals surface area (Å²) in [6, 6.07) is 5.79. The fraction of sp³-hybridized carbons (Fsp3) is 0.462. The maximum Gasteiger partial charge on any atom is 0.327 e. The van der Waals surface area contributed by atoms with Crippen LogP contribution in [-0.4, -0.2) is 29.3 Å². The molecule has 2 N–H and O–H groups in total. The lowest BCUT2D eigenvalue weighted by Crippen LogP contribution is -2.54. The van der Waals surface area contributed by atoms with Gasteiger partial charge < -0.3 is 9.84 Å². The van der Waals surface area contributed by atoms with Crippen LogP contribution in [0.1, 0.15) is 19.8 Å². The zero-order chi connectivity index (χ0) is 13.2. The maximum absolute atomic E-state index is 12.7. The van der Waals surface area contributed by atoms with Gasteiger partial charge in [0, 0.05) is 6.04 Å². The first kappa shape index (κ1) is 12.8. The minimum absolute atomic E-state index is 0.00443. The molecule has 1 atom stereocenters. The summed E-state index contributed by atoms with van der Waals surface area (Å²) in [5.41, 5.74) is -1.12. The van der Waals surface area contributed by atoms with E-state index >= 15 is 0 Å². The molecule has 0 amide bonds.